The lowest BCUT2D eigenvalue weighted by Gasteiger charge is -2.30. The van der Waals surface area contributed by atoms with Crippen LogP contribution in [0.3, 0.4) is 0 Å². The van der Waals surface area contributed by atoms with Crippen molar-refractivity contribution in [3.8, 4) is 22.3 Å². The topological polar surface area (TPSA) is 15.8 Å². The molecule has 2 aliphatic carbocycles. The molecule has 5 aromatic carbocycles. The number of aromatic nitrogens is 1. The summed E-state index contributed by atoms with van der Waals surface area (Å²) in [5.41, 5.74) is 14.4. The predicted molar refractivity (Wildman–Crippen MR) is 137 cm³/mol. The number of H-pyrrole nitrogens is 1. The van der Waals surface area contributed by atoms with Crippen LogP contribution in [0, 0.1) is 6.92 Å². The van der Waals surface area contributed by atoms with E-state index in [-0.39, 0.29) is 5.41 Å². The first-order chi connectivity index (χ1) is 16.3. The van der Waals surface area contributed by atoms with E-state index < -0.39 is 0 Å². The summed E-state index contributed by atoms with van der Waals surface area (Å²) in [5.74, 6) is 0. The van der Waals surface area contributed by atoms with Gasteiger partial charge in [-0.1, -0.05) is 84.4 Å². The molecule has 1 N–H and O–H groups in total. The lowest BCUT2D eigenvalue weighted by atomic mass is 9.70. The van der Waals surface area contributed by atoms with Gasteiger partial charge in [0, 0.05) is 21.8 Å². The van der Waals surface area contributed by atoms with Crippen LogP contribution in [0.5, 0.6) is 0 Å². The molecular formula is C32H21N. The third kappa shape index (κ3) is 1.95. The molecule has 1 nitrogen and oxygen atoms in total. The van der Waals surface area contributed by atoms with Gasteiger partial charge >= 0.3 is 0 Å². The van der Waals surface area contributed by atoms with Gasteiger partial charge in [-0.25, -0.2) is 0 Å². The fraction of sp³-hybridized carbons (Fsp3) is 0.0625. The minimum absolute atomic E-state index is 0.277. The van der Waals surface area contributed by atoms with Gasteiger partial charge in [0.25, 0.3) is 0 Å². The summed E-state index contributed by atoms with van der Waals surface area (Å²) in [7, 11) is 0. The average molecular weight is 420 g/mol. The van der Waals surface area contributed by atoms with Crippen LogP contribution in [-0.4, -0.2) is 4.98 Å². The summed E-state index contributed by atoms with van der Waals surface area (Å²) < 4.78 is 0. The first kappa shape index (κ1) is 17.5. The summed E-state index contributed by atoms with van der Waals surface area (Å²) in [6, 6.07) is 38.5. The average Bonchev–Trinajstić information content (AvgIpc) is 3.46. The zero-order valence-corrected chi connectivity index (χ0v) is 18.3. The number of rotatable bonds is 0. The highest BCUT2D eigenvalue weighted by Gasteiger charge is 2.51. The van der Waals surface area contributed by atoms with Crippen molar-refractivity contribution in [2.45, 2.75) is 12.3 Å². The lowest BCUT2D eigenvalue weighted by molar-refractivity contribution is 0.795. The van der Waals surface area contributed by atoms with Crippen molar-refractivity contribution in [3.05, 3.63) is 131 Å². The number of hydrogen-bond acceptors (Lipinski definition) is 0. The lowest BCUT2D eigenvalue weighted by Crippen LogP contribution is -2.25. The van der Waals surface area contributed by atoms with E-state index in [0.717, 1.165) is 0 Å². The number of benzene rings is 5. The Balaban J connectivity index is 1.59. The van der Waals surface area contributed by atoms with Gasteiger partial charge < -0.3 is 4.98 Å². The minimum atomic E-state index is -0.277. The molecule has 1 spiro atoms. The number of nitrogens with one attached hydrogen (secondary N) is 1. The van der Waals surface area contributed by atoms with E-state index >= 15 is 0 Å². The van der Waals surface area contributed by atoms with E-state index in [2.05, 4.69) is 115 Å². The third-order valence-electron chi connectivity index (χ3n) is 7.87. The van der Waals surface area contributed by atoms with Crippen LogP contribution in [-0.2, 0) is 5.41 Å². The van der Waals surface area contributed by atoms with Gasteiger partial charge in [-0.2, -0.15) is 0 Å². The Labute approximate surface area is 192 Å². The highest BCUT2D eigenvalue weighted by molar-refractivity contribution is 6.11. The monoisotopic (exact) mass is 419 g/mol. The van der Waals surface area contributed by atoms with E-state index in [1.807, 2.05) is 0 Å². The Kier molecular flexibility index (Phi) is 3.08. The summed E-state index contributed by atoms with van der Waals surface area (Å²) in [6.07, 6.45) is 0. The molecule has 0 aliphatic heterocycles. The molecule has 0 saturated carbocycles. The van der Waals surface area contributed by atoms with Crippen LogP contribution in [0.25, 0.3) is 44.1 Å². The number of aromatic amines is 1. The van der Waals surface area contributed by atoms with Crippen molar-refractivity contribution in [2.24, 2.45) is 0 Å². The molecule has 0 radical (unpaired) electrons. The maximum Gasteiger partial charge on any atom is 0.0726 e. The van der Waals surface area contributed by atoms with Crippen LogP contribution in [0.15, 0.2) is 103 Å². The van der Waals surface area contributed by atoms with Crippen LogP contribution in [0.2, 0.25) is 0 Å². The number of hydrogen-bond donors (Lipinski definition) is 1. The first-order valence-electron chi connectivity index (χ1n) is 11.6. The second-order valence-electron chi connectivity index (χ2n) is 9.50. The highest BCUT2D eigenvalue weighted by atomic mass is 14.7. The van der Waals surface area contributed by atoms with Crippen molar-refractivity contribution in [2.75, 3.05) is 0 Å². The van der Waals surface area contributed by atoms with Crippen molar-refractivity contribution in [1.29, 1.82) is 0 Å². The van der Waals surface area contributed by atoms with Gasteiger partial charge in [0.2, 0.25) is 0 Å². The fourth-order valence-electron chi connectivity index (χ4n) is 6.60. The SMILES string of the molecule is Cc1ccc2[nH]c3cc4c(cc3c2c1)-c1ccccc1C41c2ccccc2-c2ccccc21. The molecule has 1 heteroatoms. The summed E-state index contributed by atoms with van der Waals surface area (Å²) >= 11 is 0. The molecule has 0 atom stereocenters. The Hall–Kier alpha value is -4.10. The quantitative estimate of drug-likeness (QED) is 0.256. The van der Waals surface area contributed by atoms with E-state index in [4.69, 9.17) is 0 Å². The molecule has 0 unspecified atom stereocenters. The molecule has 0 fully saturated rings. The van der Waals surface area contributed by atoms with Crippen molar-refractivity contribution in [3.63, 3.8) is 0 Å². The molecule has 33 heavy (non-hydrogen) atoms. The summed E-state index contributed by atoms with van der Waals surface area (Å²) in [5, 5.41) is 2.61. The van der Waals surface area contributed by atoms with Crippen LogP contribution in [0.1, 0.15) is 27.8 Å². The minimum Gasteiger partial charge on any atom is -0.355 e. The fourth-order valence-corrected chi connectivity index (χ4v) is 6.60. The third-order valence-corrected chi connectivity index (χ3v) is 7.87. The van der Waals surface area contributed by atoms with Crippen molar-refractivity contribution < 1.29 is 0 Å². The highest BCUT2D eigenvalue weighted by Crippen LogP contribution is 2.63. The van der Waals surface area contributed by atoms with Gasteiger partial charge in [0.05, 0.1) is 5.41 Å². The summed E-state index contributed by atoms with van der Waals surface area (Å²) in [6.45, 7) is 2.17. The number of fused-ring (bicyclic) bond motifs is 13. The summed E-state index contributed by atoms with van der Waals surface area (Å²) in [4.78, 5) is 3.72. The Morgan fingerprint density at radius 1 is 0.485 bits per heavy atom. The second kappa shape index (κ2) is 5.82. The molecule has 1 heterocycles. The van der Waals surface area contributed by atoms with Crippen molar-refractivity contribution >= 4 is 21.8 Å². The maximum absolute atomic E-state index is 3.72. The normalized spacial score (nSPS) is 14.5. The largest absolute Gasteiger partial charge is 0.355 e. The molecule has 0 bridgehead atoms. The molecule has 0 amide bonds. The van der Waals surface area contributed by atoms with Crippen LogP contribution < -0.4 is 0 Å². The van der Waals surface area contributed by atoms with Gasteiger partial charge in [-0.05, 0) is 75.7 Å². The Morgan fingerprint density at radius 3 is 1.67 bits per heavy atom. The number of aryl methyl sites for hydroxylation is 1. The van der Waals surface area contributed by atoms with E-state index in [1.54, 1.807) is 0 Å². The molecule has 154 valence electrons. The zero-order valence-electron chi connectivity index (χ0n) is 18.3. The molecule has 8 rings (SSSR count). The van der Waals surface area contributed by atoms with Gasteiger partial charge in [0.1, 0.15) is 0 Å². The molecular weight excluding hydrogens is 398 g/mol. The van der Waals surface area contributed by atoms with E-state index in [0.29, 0.717) is 0 Å². The molecule has 0 saturated heterocycles. The Bertz CT molecular complexity index is 1740. The van der Waals surface area contributed by atoms with Gasteiger partial charge in [-0.15, -0.1) is 0 Å². The van der Waals surface area contributed by atoms with Crippen molar-refractivity contribution in [1.82, 2.24) is 4.98 Å². The molecule has 1 aromatic heterocycles. The first-order valence-corrected chi connectivity index (χ1v) is 11.6. The smallest absolute Gasteiger partial charge is 0.0726 e. The Morgan fingerprint density at radius 2 is 1.03 bits per heavy atom. The zero-order chi connectivity index (χ0) is 21.7. The second-order valence-corrected chi connectivity index (χ2v) is 9.50. The standard InChI is InChI=1S/C32H21N/c1-19-14-15-30-24(16-19)25-17-23-22-10-4-7-13-28(22)32(29(23)18-31(25)33-30)26-11-5-2-8-20(26)21-9-3-6-12-27(21)32/h2-18,33H,1H3. The predicted octanol–water partition coefficient (Wildman–Crippen LogP) is 7.97. The van der Waals surface area contributed by atoms with Gasteiger partial charge in [-0.3, -0.25) is 0 Å². The molecule has 6 aromatic rings. The van der Waals surface area contributed by atoms with E-state index in [9.17, 15) is 0 Å². The maximum atomic E-state index is 3.72. The van der Waals surface area contributed by atoms with Crippen LogP contribution >= 0.6 is 0 Å². The van der Waals surface area contributed by atoms with Crippen LogP contribution in [0.4, 0.5) is 0 Å². The molecule has 2 aliphatic rings. The van der Waals surface area contributed by atoms with E-state index in [1.165, 1.54) is 71.9 Å². The van der Waals surface area contributed by atoms with Gasteiger partial charge in [0.15, 0.2) is 0 Å².